The monoisotopic (exact) mass is 480 g/mol. The zero-order valence-electron chi connectivity index (χ0n) is 21.2. The van der Waals surface area contributed by atoms with Gasteiger partial charge < -0.3 is 14.7 Å². The summed E-state index contributed by atoms with van der Waals surface area (Å²) in [4.78, 5) is 29.4. The van der Waals surface area contributed by atoms with Gasteiger partial charge in [0.05, 0.1) is 5.56 Å². The molecule has 190 valence electrons. The number of ether oxygens (including phenoxy) is 1. The Bertz CT molecular complexity index is 943. The van der Waals surface area contributed by atoms with Crippen LogP contribution in [-0.2, 0) is 11.3 Å². The quantitative estimate of drug-likeness (QED) is 0.502. The SMILES string of the molecule is CCC(CC)CN1CCCCCCCN(C(=O)COc2ccccc2)c2ccc(C(=O)O)cc2C1. The van der Waals surface area contributed by atoms with Gasteiger partial charge in [0.25, 0.3) is 5.91 Å². The van der Waals surface area contributed by atoms with Crippen molar-refractivity contribution < 1.29 is 19.4 Å². The first-order chi connectivity index (χ1) is 17.0. The van der Waals surface area contributed by atoms with Gasteiger partial charge in [-0.05, 0) is 61.2 Å². The van der Waals surface area contributed by atoms with Crippen molar-refractivity contribution in [3.63, 3.8) is 0 Å². The number of para-hydroxylation sites is 1. The van der Waals surface area contributed by atoms with Crippen LogP contribution in [0.5, 0.6) is 5.75 Å². The molecule has 0 atom stereocenters. The lowest BCUT2D eigenvalue weighted by atomic mass is 10.0. The lowest BCUT2D eigenvalue weighted by Gasteiger charge is -2.31. The molecule has 35 heavy (non-hydrogen) atoms. The van der Waals surface area contributed by atoms with E-state index in [1.54, 1.807) is 23.1 Å². The van der Waals surface area contributed by atoms with Gasteiger partial charge in [0, 0.05) is 25.3 Å². The van der Waals surface area contributed by atoms with E-state index in [1.807, 2.05) is 30.3 Å². The third-order valence-corrected chi connectivity index (χ3v) is 6.94. The van der Waals surface area contributed by atoms with E-state index < -0.39 is 5.97 Å². The molecular weight excluding hydrogens is 440 g/mol. The van der Waals surface area contributed by atoms with Crippen LogP contribution in [0.1, 0.15) is 74.7 Å². The van der Waals surface area contributed by atoms with E-state index in [4.69, 9.17) is 4.74 Å². The van der Waals surface area contributed by atoms with Crippen molar-refractivity contribution in [2.45, 2.75) is 65.3 Å². The molecule has 1 N–H and O–H groups in total. The van der Waals surface area contributed by atoms with Gasteiger partial charge >= 0.3 is 5.97 Å². The van der Waals surface area contributed by atoms with Crippen LogP contribution >= 0.6 is 0 Å². The first-order valence-corrected chi connectivity index (χ1v) is 13.1. The molecule has 6 nitrogen and oxygen atoms in total. The number of rotatable bonds is 8. The third-order valence-electron chi connectivity index (χ3n) is 6.94. The molecule has 2 aromatic carbocycles. The second-order valence-corrected chi connectivity index (χ2v) is 9.48. The van der Waals surface area contributed by atoms with Gasteiger partial charge in [0.1, 0.15) is 5.75 Å². The molecule has 0 unspecified atom stereocenters. The zero-order valence-corrected chi connectivity index (χ0v) is 21.2. The Labute approximate surface area is 209 Å². The molecule has 1 heterocycles. The second kappa shape index (κ2) is 13.9. The molecule has 0 radical (unpaired) electrons. The highest BCUT2D eigenvalue weighted by Crippen LogP contribution is 2.27. The van der Waals surface area contributed by atoms with Gasteiger partial charge in [0.15, 0.2) is 6.61 Å². The molecule has 0 saturated heterocycles. The Morgan fingerprint density at radius 2 is 1.63 bits per heavy atom. The van der Waals surface area contributed by atoms with Gasteiger partial charge in [-0.25, -0.2) is 4.79 Å². The number of aromatic carboxylic acids is 1. The topological polar surface area (TPSA) is 70.1 Å². The van der Waals surface area contributed by atoms with Gasteiger partial charge in [-0.2, -0.15) is 0 Å². The molecule has 1 aliphatic rings. The molecule has 1 amide bonds. The van der Waals surface area contributed by atoms with Crippen molar-refractivity contribution in [2.24, 2.45) is 5.92 Å². The zero-order chi connectivity index (χ0) is 25.0. The molecule has 0 saturated carbocycles. The Morgan fingerprint density at radius 1 is 0.943 bits per heavy atom. The molecule has 0 fully saturated rings. The van der Waals surface area contributed by atoms with Gasteiger partial charge in [-0.1, -0.05) is 64.2 Å². The third kappa shape index (κ3) is 8.10. The molecule has 0 spiro atoms. The van der Waals surface area contributed by atoms with Crippen LogP contribution in [0.2, 0.25) is 0 Å². The normalized spacial score (nSPS) is 15.7. The molecule has 6 heteroatoms. The van der Waals surface area contributed by atoms with Crippen LogP contribution in [0, 0.1) is 5.92 Å². The van der Waals surface area contributed by atoms with Crippen molar-refractivity contribution >= 4 is 17.6 Å². The van der Waals surface area contributed by atoms with Crippen LogP contribution in [0.3, 0.4) is 0 Å². The first-order valence-electron chi connectivity index (χ1n) is 13.1. The summed E-state index contributed by atoms with van der Waals surface area (Å²) in [6.07, 6.45) is 7.69. The number of nitrogens with zero attached hydrogens (tertiary/aromatic N) is 2. The number of benzene rings is 2. The fourth-order valence-corrected chi connectivity index (χ4v) is 4.75. The number of carboxylic acids is 1. The highest BCUT2D eigenvalue weighted by atomic mass is 16.5. The molecule has 0 aliphatic carbocycles. The highest BCUT2D eigenvalue weighted by molar-refractivity contribution is 5.96. The summed E-state index contributed by atoms with van der Waals surface area (Å²) in [5.41, 5.74) is 1.95. The van der Waals surface area contributed by atoms with Crippen LogP contribution in [0.15, 0.2) is 48.5 Å². The molecular formula is C29H40N2O4. The predicted octanol–water partition coefficient (Wildman–Crippen LogP) is 6.00. The number of carboxylic acid groups (broad SMARTS) is 1. The average Bonchev–Trinajstić information content (AvgIpc) is 2.87. The van der Waals surface area contributed by atoms with Crippen molar-refractivity contribution in [1.82, 2.24) is 4.90 Å². The van der Waals surface area contributed by atoms with Crippen LogP contribution in [-0.4, -0.2) is 48.1 Å². The Morgan fingerprint density at radius 3 is 2.31 bits per heavy atom. The standard InChI is InChI=1S/C29H40N2O4/c1-3-23(4-2)20-30-17-11-6-5-7-12-18-31(28(32)22-35-26-13-9-8-10-14-26)27-16-15-24(29(33)34)19-25(27)21-30/h8-10,13-16,19,23H,3-7,11-12,17-18,20-22H2,1-2H3,(H,33,34). The maximum absolute atomic E-state index is 13.4. The summed E-state index contributed by atoms with van der Waals surface area (Å²) >= 11 is 0. The Balaban J connectivity index is 1.92. The van der Waals surface area contributed by atoms with E-state index in [-0.39, 0.29) is 18.1 Å². The van der Waals surface area contributed by atoms with E-state index in [1.165, 1.54) is 6.42 Å². The Kier molecular flexibility index (Phi) is 10.6. The van der Waals surface area contributed by atoms with Crippen molar-refractivity contribution in [1.29, 1.82) is 0 Å². The molecule has 2 aromatic rings. The number of fused-ring (bicyclic) bond motifs is 1. The first kappa shape index (κ1) is 26.7. The fourth-order valence-electron chi connectivity index (χ4n) is 4.75. The smallest absolute Gasteiger partial charge is 0.335 e. The number of carbonyl (C=O) groups excluding carboxylic acids is 1. The van der Waals surface area contributed by atoms with Crippen molar-refractivity contribution in [2.75, 3.05) is 31.1 Å². The summed E-state index contributed by atoms with van der Waals surface area (Å²) in [7, 11) is 0. The highest BCUT2D eigenvalue weighted by Gasteiger charge is 2.23. The van der Waals surface area contributed by atoms with E-state index in [0.29, 0.717) is 24.8 Å². The fraction of sp³-hybridized carbons (Fsp3) is 0.517. The van der Waals surface area contributed by atoms with E-state index in [0.717, 1.165) is 62.9 Å². The Hall–Kier alpha value is -2.86. The number of carbonyl (C=O) groups is 2. The number of amides is 1. The average molecular weight is 481 g/mol. The number of hydrogen-bond donors (Lipinski definition) is 1. The van der Waals surface area contributed by atoms with Gasteiger partial charge in [-0.15, -0.1) is 0 Å². The van der Waals surface area contributed by atoms with Crippen molar-refractivity contribution in [3.05, 3.63) is 59.7 Å². The summed E-state index contributed by atoms with van der Waals surface area (Å²) in [5.74, 6) is 0.205. The number of anilines is 1. The van der Waals surface area contributed by atoms with Crippen molar-refractivity contribution in [3.8, 4) is 5.75 Å². The summed E-state index contributed by atoms with van der Waals surface area (Å²) < 4.78 is 5.78. The predicted molar refractivity (Wildman–Crippen MR) is 140 cm³/mol. The van der Waals surface area contributed by atoms with Crippen LogP contribution in [0.25, 0.3) is 0 Å². The largest absolute Gasteiger partial charge is 0.484 e. The maximum Gasteiger partial charge on any atom is 0.335 e. The minimum absolute atomic E-state index is 0.0540. The summed E-state index contributed by atoms with van der Waals surface area (Å²) in [6, 6.07) is 14.5. The van der Waals surface area contributed by atoms with E-state index in [2.05, 4.69) is 18.7 Å². The second-order valence-electron chi connectivity index (χ2n) is 9.48. The minimum atomic E-state index is -0.948. The summed E-state index contributed by atoms with van der Waals surface area (Å²) in [5, 5.41) is 9.65. The van der Waals surface area contributed by atoms with Gasteiger partial charge in [0.2, 0.25) is 0 Å². The lowest BCUT2D eigenvalue weighted by Crippen LogP contribution is -2.38. The molecule has 0 bridgehead atoms. The van der Waals surface area contributed by atoms with E-state index in [9.17, 15) is 14.7 Å². The molecule has 1 aliphatic heterocycles. The van der Waals surface area contributed by atoms with Crippen LogP contribution in [0.4, 0.5) is 5.69 Å². The molecule has 0 aromatic heterocycles. The minimum Gasteiger partial charge on any atom is -0.484 e. The maximum atomic E-state index is 13.4. The summed E-state index contributed by atoms with van der Waals surface area (Å²) in [6.45, 7) is 7.61. The number of hydrogen-bond acceptors (Lipinski definition) is 4. The lowest BCUT2D eigenvalue weighted by molar-refractivity contribution is -0.120. The van der Waals surface area contributed by atoms with Gasteiger partial charge in [-0.3, -0.25) is 9.69 Å². The van der Waals surface area contributed by atoms with E-state index >= 15 is 0 Å². The van der Waals surface area contributed by atoms with Crippen LogP contribution < -0.4 is 9.64 Å². The molecule has 3 rings (SSSR count).